The van der Waals surface area contributed by atoms with Gasteiger partial charge in [-0.25, -0.2) is 9.36 Å². The van der Waals surface area contributed by atoms with Gasteiger partial charge in [-0.1, -0.05) is 0 Å². The number of ketones is 1. The van der Waals surface area contributed by atoms with Gasteiger partial charge in [0.2, 0.25) is 11.5 Å². The van der Waals surface area contributed by atoms with E-state index in [9.17, 15) is 54.8 Å². The number of phosphoric ester groups is 1. The van der Waals surface area contributed by atoms with Crippen molar-refractivity contribution in [3.63, 3.8) is 0 Å². The maximum Gasteiger partial charge on any atom is 0.527 e. The Morgan fingerprint density at radius 2 is 1.85 bits per heavy atom. The topological polar surface area (TPSA) is 329 Å². The van der Waals surface area contributed by atoms with Crippen LogP contribution >= 0.6 is 7.82 Å². The molecule has 12 N–H and O–H groups in total. The number of carbonyl (C=O) groups excluding carboxylic acids is 1. The largest absolute Gasteiger partial charge is 0.527 e. The summed E-state index contributed by atoms with van der Waals surface area (Å²) in [6.45, 7) is -2.59. The summed E-state index contributed by atoms with van der Waals surface area (Å²) in [7, 11) is -5.34. The third kappa shape index (κ3) is 5.88. The Morgan fingerprint density at radius 3 is 2.46 bits per heavy atom. The summed E-state index contributed by atoms with van der Waals surface area (Å²) in [5.74, 6) is -4.04. The number of aliphatic hydroxyl groups excluding tert-OH is 7. The monoisotopic (exact) mass is 612 g/mol. The molecule has 0 radical (unpaired) electrons. The molecule has 1 aromatic heterocycles. The second kappa shape index (κ2) is 11.6. The van der Waals surface area contributed by atoms with E-state index in [2.05, 4.69) is 9.51 Å². The molecule has 2 saturated heterocycles. The van der Waals surface area contributed by atoms with Gasteiger partial charge < -0.3 is 65.9 Å². The number of nitrogens with two attached hydrogens (primary N) is 2. The normalized spacial score (nSPS) is 39.2. The van der Waals surface area contributed by atoms with Crippen molar-refractivity contribution in [2.24, 2.45) is 5.73 Å². The first-order valence-electron chi connectivity index (χ1n) is 11.8. The second-order valence-corrected chi connectivity index (χ2v) is 10.8. The third-order valence-electron chi connectivity index (χ3n) is 6.67. The van der Waals surface area contributed by atoms with Gasteiger partial charge in [-0.05, 0) is 6.07 Å². The fourth-order valence-electron chi connectivity index (χ4n) is 4.30. The molecule has 0 amide bonds. The maximum atomic E-state index is 12.6. The maximum absolute atomic E-state index is 12.6. The van der Waals surface area contributed by atoms with Crippen molar-refractivity contribution < 1.29 is 73.3 Å². The van der Waals surface area contributed by atoms with Gasteiger partial charge in [0.15, 0.2) is 18.3 Å². The zero-order valence-electron chi connectivity index (χ0n) is 20.8. The van der Waals surface area contributed by atoms with Gasteiger partial charge in [-0.2, -0.15) is 4.98 Å². The zero-order chi connectivity index (χ0) is 30.4. The first-order chi connectivity index (χ1) is 19.1. The van der Waals surface area contributed by atoms with Crippen LogP contribution in [0, 0.1) is 0 Å². The molecule has 11 atom stereocenters. The second-order valence-electron chi connectivity index (χ2n) is 9.45. The number of rotatable bonds is 9. The van der Waals surface area contributed by atoms with Crippen LogP contribution in [0.25, 0.3) is 0 Å². The van der Waals surface area contributed by atoms with Crippen LogP contribution in [0.4, 0.5) is 5.82 Å². The van der Waals surface area contributed by atoms with Crippen LogP contribution in [-0.4, -0.2) is 130 Å². The molecule has 2 fully saturated rings. The highest BCUT2D eigenvalue weighted by atomic mass is 31.2. The molecular formula is C20H29N4O16P. The minimum Gasteiger partial charge on any atom is -0.506 e. The number of carbonyl (C=O) groups is 1. The Kier molecular flexibility index (Phi) is 8.88. The molecule has 0 aromatic carbocycles. The Labute approximate surface area is 229 Å². The van der Waals surface area contributed by atoms with Crippen LogP contribution in [0.5, 0.6) is 0 Å². The van der Waals surface area contributed by atoms with Crippen molar-refractivity contribution in [1.29, 1.82) is 0 Å². The van der Waals surface area contributed by atoms with E-state index in [-0.39, 0.29) is 5.82 Å². The van der Waals surface area contributed by atoms with E-state index in [1.807, 2.05) is 0 Å². The predicted molar refractivity (Wildman–Crippen MR) is 127 cm³/mol. The Hall–Kier alpha value is -2.56. The Balaban J connectivity index is 1.55. The highest BCUT2D eigenvalue weighted by molar-refractivity contribution is 7.47. The lowest BCUT2D eigenvalue weighted by molar-refractivity contribution is -0.291. The summed E-state index contributed by atoms with van der Waals surface area (Å²) in [5, 5.41) is 70.2. The van der Waals surface area contributed by atoms with Crippen LogP contribution < -0.4 is 17.2 Å². The average Bonchev–Trinajstić information content (AvgIpc) is 3.30. The van der Waals surface area contributed by atoms with Crippen LogP contribution in [0.1, 0.15) is 6.23 Å². The van der Waals surface area contributed by atoms with Crippen LogP contribution in [0.15, 0.2) is 28.6 Å². The van der Waals surface area contributed by atoms with Crippen molar-refractivity contribution in [3.05, 3.63) is 34.3 Å². The summed E-state index contributed by atoms with van der Waals surface area (Å²) in [4.78, 5) is 38.3. The third-order valence-corrected chi connectivity index (χ3v) is 7.56. The standard InChI is InChI=1S/C20H29N4O16P/c21-8-1-2-24(19(33)23-8)17-12(30)13(39-18-10(28)9(27)6(26)3-36-18)7(38-17)4-37-41(34,35)40-14-11(29)15(31)20(22,5-25)16(14)32/h1-2,6-7,9-10,12-13,15,17-18,25-28,30-32H,3-5,22H2,(H,34,35)(H2,21,23,33)/t6-,7-,9?,10-,12-,13-,15+,17-,18?,20-/m1/s1. The number of aromatic nitrogens is 2. The first kappa shape index (κ1) is 31.4. The van der Waals surface area contributed by atoms with Gasteiger partial charge in [-0.3, -0.25) is 18.8 Å². The number of anilines is 1. The Morgan fingerprint density at radius 1 is 1.17 bits per heavy atom. The molecule has 0 bridgehead atoms. The molecular weight excluding hydrogens is 583 g/mol. The summed E-state index contributed by atoms with van der Waals surface area (Å²) in [6.07, 6.45) is -14.2. The number of Topliss-reactive ketones (excluding diaryl/α,β-unsaturated/α-hetero) is 1. The van der Waals surface area contributed by atoms with Crippen LogP contribution in [0.2, 0.25) is 0 Å². The lowest BCUT2D eigenvalue weighted by atomic mass is 9.97. The highest BCUT2D eigenvalue weighted by Gasteiger charge is 2.55. The molecule has 20 nitrogen and oxygen atoms in total. The molecule has 230 valence electrons. The number of hydrogen-bond acceptors (Lipinski definition) is 18. The molecule has 3 aliphatic rings. The molecule has 0 saturated carbocycles. The molecule has 0 spiro atoms. The van der Waals surface area contributed by atoms with Gasteiger partial charge in [-0.15, -0.1) is 0 Å². The number of nitrogen functional groups attached to an aromatic ring is 1. The summed E-state index contributed by atoms with van der Waals surface area (Å²) < 4.78 is 39.2. The fraction of sp³-hybridized carbons (Fsp3) is 0.650. The molecule has 21 heteroatoms. The Bertz CT molecular complexity index is 1290. The van der Waals surface area contributed by atoms with Crippen LogP contribution in [0.3, 0.4) is 0 Å². The van der Waals surface area contributed by atoms with Gasteiger partial charge in [0.05, 0.1) is 19.8 Å². The number of nitrogens with zero attached hydrogens (tertiary/aromatic N) is 2. The highest BCUT2D eigenvalue weighted by Crippen LogP contribution is 2.49. The predicted octanol–water partition coefficient (Wildman–Crippen LogP) is -5.56. The summed E-state index contributed by atoms with van der Waals surface area (Å²) in [5.41, 5.74) is 7.68. The number of aliphatic hydroxyl groups is 7. The van der Waals surface area contributed by atoms with Crippen molar-refractivity contribution in [3.8, 4) is 0 Å². The summed E-state index contributed by atoms with van der Waals surface area (Å²) >= 11 is 0. The van der Waals surface area contributed by atoms with E-state index in [1.165, 1.54) is 6.07 Å². The smallest absolute Gasteiger partial charge is 0.506 e. The quantitative estimate of drug-likeness (QED) is 0.116. The molecule has 1 aromatic rings. The van der Waals surface area contributed by atoms with Crippen molar-refractivity contribution in [2.45, 2.75) is 60.8 Å². The zero-order valence-corrected chi connectivity index (χ0v) is 21.7. The molecule has 4 rings (SSSR count). The van der Waals surface area contributed by atoms with E-state index in [4.69, 9.17) is 30.2 Å². The van der Waals surface area contributed by atoms with Gasteiger partial charge in [0.25, 0.3) is 0 Å². The lowest BCUT2D eigenvalue weighted by Gasteiger charge is -2.37. The van der Waals surface area contributed by atoms with E-state index < -0.39 is 111 Å². The van der Waals surface area contributed by atoms with Crippen molar-refractivity contribution >= 4 is 19.4 Å². The SMILES string of the molecule is Nc1ccn([C@@H]2O[C@H](COP(=O)(O)OC3=C(O)[C@@](N)(CO)[C@@H](O)C3=O)[C@@H](OC3OC[C@@H](O)C(O)[C@H]3O)[C@H]2O)c(=O)n1. The first-order valence-corrected chi connectivity index (χ1v) is 13.3. The van der Waals surface area contributed by atoms with Gasteiger partial charge in [0, 0.05) is 6.20 Å². The van der Waals surface area contributed by atoms with Gasteiger partial charge in [0.1, 0.15) is 54.1 Å². The van der Waals surface area contributed by atoms with E-state index in [0.29, 0.717) is 0 Å². The molecule has 2 aliphatic heterocycles. The van der Waals surface area contributed by atoms with E-state index >= 15 is 0 Å². The minimum atomic E-state index is -5.34. The molecule has 1 aliphatic carbocycles. The van der Waals surface area contributed by atoms with Crippen molar-refractivity contribution in [1.82, 2.24) is 9.55 Å². The molecule has 3 unspecified atom stereocenters. The van der Waals surface area contributed by atoms with Crippen molar-refractivity contribution in [2.75, 3.05) is 25.6 Å². The molecule has 41 heavy (non-hydrogen) atoms. The van der Waals surface area contributed by atoms with E-state index in [1.54, 1.807) is 0 Å². The molecule has 3 heterocycles. The fourth-order valence-corrected chi connectivity index (χ4v) is 5.09. The minimum absolute atomic E-state index is 0.150. The van der Waals surface area contributed by atoms with E-state index in [0.717, 1.165) is 10.8 Å². The van der Waals surface area contributed by atoms with Crippen LogP contribution in [-0.2, 0) is 32.6 Å². The number of hydrogen-bond donors (Lipinski definition) is 10. The number of phosphoric acid groups is 1. The van der Waals surface area contributed by atoms with Gasteiger partial charge >= 0.3 is 13.5 Å². The lowest BCUT2D eigenvalue weighted by Crippen LogP contribution is -2.56. The average molecular weight is 612 g/mol. The number of ether oxygens (including phenoxy) is 3. The summed E-state index contributed by atoms with van der Waals surface area (Å²) in [6, 6.07) is 1.20.